The number of hydrogen-bond acceptors (Lipinski definition) is 6. The van der Waals surface area contributed by atoms with Crippen LogP contribution in [0.3, 0.4) is 0 Å². The minimum atomic E-state index is 0. The molecule has 0 spiro atoms. The van der Waals surface area contributed by atoms with Crippen molar-refractivity contribution in [3.05, 3.63) is 59.7 Å². The summed E-state index contributed by atoms with van der Waals surface area (Å²) in [6.07, 6.45) is 0.866. The number of rotatable bonds is 6. The highest BCUT2D eigenvalue weighted by molar-refractivity contribution is 14.0. The maximum atomic E-state index is 5.81. The molecule has 0 saturated heterocycles. The SMILES string of the molecule is COc1ccc(CN=C(NCc2nnc(C)n2C)Nc2ccc3c(c2)OCCCO3)cc1.I. The lowest BCUT2D eigenvalue weighted by Crippen LogP contribution is -2.31. The molecule has 0 saturated carbocycles. The summed E-state index contributed by atoms with van der Waals surface area (Å²) in [5.74, 6) is 4.60. The van der Waals surface area contributed by atoms with Crippen LogP contribution in [0.2, 0.25) is 0 Å². The van der Waals surface area contributed by atoms with Gasteiger partial charge in [-0.2, -0.15) is 0 Å². The fourth-order valence-electron chi connectivity index (χ4n) is 3.19. The monoisotopic (exact) mass is 564 g/mol. The van der Waals surface area contributed by atoms with Crippen molar-refractivity contribution in [2.24, 2.45) is 12.0 Å². The molecule has 0 bridgehead atoms. The summed E-state index contributed by atoms with van der Waals surface area (Å²) in [6, 6.07) is 13.6. The lowest BCUT2D eigenvalue weighted by atomic mass is 10.2. The Bertz CT molecular complexity index is 1080. The van der Waals surface area contributed by atoms with Crippen LogP contribution in [-0.4, -0.2) is 41.0 Å². The zero-order valence-corrected chi connectivity index (χ0v) is 21.3. The van der Waals surface area contributed by atoms with Gasteiger partial charge in [0.15, 0.2) is 23.3 Å². The maximum absolute atomic E-state index is 5.81. The van der Waals surface area contributed by atoms with E-state index < -0.39 is 0 Å². The van der Waals surface area contributed by atoms with Gasteiger partial charge in [-0.05, 0) is 36.8 Å². The molecule has 0 aliphatic carbocycles. The smallest absolute Gasteiger partial charge is 0.196 e. The Labute approximate surface area is 210 Å². The summed E-state index contributed by atoms with van der Waals surface area (Å²) in [4.78, 5) is 4.75. The van der Waals surface area contributed by atoms with Gasteiger partial charge >= 0.3 is 0 Å². The van der Waals surface area contributed by atoms with Gasteiger partial charge < -0.3 is 29.4 Å². The molecule has 2 N–H and O–H groups in total. The van der Waals surface area contributed by atoms with Gasteiger partial charge in [0, 0.05) is 25.2 Å². The van der Waals surface area contributed by atoms with Gasteiger partial charge in [0.1, 0.15) is 11.6 Å². The number of aliphatic imine (C=N–C) groups is 1. The minimum Gasteiger partial charge on any atom is -0.497 e. The van der Waals surface area contributed by atoms with Crippen molar-refractivity contribution >= 4 is 35.6 Å². The molecule has 10 heteroatoms. The lowest BCUT2D eigenvalue weighted by Gasteiger charge is -2.14. The molecule has 1 aliphatic rings. The zero-order valence-electron chi connectivity index (χ0n) is 19.0. The van der Waals surface area contributed by atoms with E-state index in [1.54, 1.807) is 7.11 Å². The number of guanidine groups is 1. The summed E-state index contributed by atoms with van der Waals surface area (Å²) in [5, 5.41) is 15.0. The van der Waals surface area contributed by atoms with E-state index in [1.807, 2.05) is 61.0 Å². The Hall–Kier alpha value is -3.02. The van der Waals surface area contributed by atoms with E-state index in [-0.39, 0.29) is 24.0 Å². The van der Waals surface area contributed by atoms with Gasteiger partial charge in [-0.1, -0.05) is 12.1 Å². The molecule has 0 fully saturated rings. The molecular weight excluding hydrogens is 535 g/mol. The van der Waals surface area contributed by atoms with Crippen molar-refractivity contribution in [2.45, 2.75) is 26.4 Å². The Morgan fingerprint density at radius 2 is 1.85 bits per heavy atom. The van der Waals surface area contributed by atoms with Gasteiger partial charge in [-0.25, -0.2) is 4.99 Å². The van der Waals surface area contributed by atoms with Crippen LogP contribution < -0.4 is 24.8 Å². The average Bonchev–Trinajstić information content (AvgIpc) is 3.00. The van der Waals surface area contributed by atoms with Crippen LogP contribution in [-0.2, 0) is 20.1 Å². The van der Waals surface area contributed by atoms with Crippen LogP contribution >= 0.6 is 24.0 Å². The summed E-state index contributed by atoms with van der Waals surface area (Å²) >= 11 is 0. The van der Waals surface area contributed by atoms with Gasteiger partial charge in [0.05, 0.1) is 33.4 Å². The molecule has 33 heavy (non-hydrogen) atoms. The molecule has 0 atom stereocenters. The van der Waals surface area contributed by atoms with E-state index in [9.17, 15) is 0 Å². The molecule has 2 aromatic carbocycles. The van der Waals surface area contributed by atoms with E-state index >= 15 is 0 Å². The van der Waals surface area contributed by atoms with Crippen molar-refractivity contribution in [2.75, 3.05) is 25.6 Å². The number of halogens is 1. The Morgan fingerprint density at radius 3 is 2.55 bits per heavy atom. The quantitative estimate of drug-likeness (QED) is 0.268. The summed E-state index contributed by atoms with van der Waals surface area (Å²) in [6.45, 7) is 4.20. The molecule has 2 heterocycles. The number of ether oxygens (including phenoxy) is 3. The average molecular weight is 564 g/mol. The topological polar surface area (TPSA) is 94.8 Å². The van der Waals surface area contributed by atoms with E-state index in [1.165, 1.54) is 0 Å². The fourth-order valence-corrected chi connectivity index (χ4v) is 3.19. The van der Waals surface area contributed by atoms with Gasteiger partial charge in [-0.3, -0.25) is 0 Å². The van der Waals surface area contributed by atoms with Crippen LogP contribution in [0.5, 0.6) is 17.2 Å². The summed E-state index contributed by atoms with van der Waals surface area (Å²) in [7, 11) is 3.60. The number of methoxy groups -OCH3 is 1. The molecule has 0 amide bonds. The second-order valence-corrected chi connectivity index (χ2v) is 7.43. The predicted molar refractivity (Wildman–Crippen MR) is 138 cm³/mol. The highest BCUT2D eigenvalue weighted by atomic mass is 127. The minimum absolute atomic E-state index is 0. The summed E-state index contributed by atoms with van der Waals surface area (Å²) in [5.41, 5.74) is 1.92. The normalized spacial score (nSPS) is 13.0. The third-order valence-electron chi connectivity index (χ3n) is 5.19. The van der Waals surface area contributed by atoms with Crippen molar-refractivity contribution in [3.63, 3.8) is 0 Å². The van der Waals surface area contributed by atoms with E-state index in [0.29, 0.717) is 32.3 Å². The van der Waals surface area contributed by atoms with E-state index in [2.05, 4.69) is 20.8 Å². The van der Waals surface area contributed by atoms with Crippen molar-refractivity contribution in [1.29, 1.82) is 0 Å². The Balaban J connectivity index is 0.00000306. The number of aromatic nitrogens is 3. The molecule has 4 rings (SSSR count). The van der Waals surface area contributed by atoms with Crippen molar-refractivity contribution in [1.82, 2.24) is 20.1 Å². The van der Waals surface area contributed by atoms with Crippen LogP contribution in [0.25, 0.3) is 0 Å². The van der Waals surface area contributed by atoms with Crippen LogP contribution in [0.15, 0.2) is 47.5 Å². The van der Waals surface area contributed by atoms with Gasteiger partial charge in [-0.15, -0.1) is 34.2 Å². The molecule has 0 radical (unpaired) electrons. The second kappa shape index (κ2) is 11.7. The number of hydrogen-bond donors (Lipinski definition) is 2. The summed E-state index contributed by atoms with van der Waals surface area (Å²) < 4.78 is 18.7. The predicted octanol–water partition coefficient (Wildman–Crippen LogP) is 3.67. The molecule has 0 unspecified atom stereocenters. The molecule has 3 aromatic rings. The third-order valence-corrected chi connectivity index (χ3v) is 5.19. The highest BCUT2D eigenvalue weighted by Gasteiger charge is 2.12. The van der Waals surface area contributed by atoms with Gasteiger partial charge in [0.2, 0.25) is 0 Å². The van der Waals surface area contributed by atoms with E-state index in [0.717, 1.165) is 46.6 Å². The maximum Gasteiger partial charge on any atom is 0.196 e. The van der Waals surface area contributed by atoms with Crippen LogP contribution in [0.1, 0.15) is 23.6 Å². The third kappa shape index (κ3) is 6.50. The molecule has 1 aromatic heterocycles. The molecular formula is C23H29IN6O3. The standard InChI is InChI=1S/C23H28N6O3.HI/c1-16-27-28-22(29(16)2)15-25-23(24-14-17-5-8-19(30-3)9-6-17)26-18-7-10-20-21(13-18)32-12-4-11-31-20;/h5-10,13H,4,11-12,14-15H2,1-3H3,(H2,24,25,26);1H. The number of aryl methyl sites for hydroxylation is 1. The number of nitrogens with zero attached hydrogens (tertiary/aromatic N) is 4. The first-order chi connectivity index (χ1) is 15.6. The zero-order chi connectivity index (χ0) is 22.3. The number of fused-ring (bicyclic) bond motifs is 1. The van der Waals surface area contributed by atoms with Crippen molar-refractivity contribution in [3.8, 4) is 17.2 Å². The first kappa shape index (κ1) is 24.6. The van der Waals surface area contributed by atoms with Crippen molar-refractivity contribution < 1.29 is 14.2 Å². The highest BCUT2D eigenvalue weighted by Crippen LogP contribution is 2.32. The Morgan fingerprint density at radius 1 is 1.09 bits per heavy atom. The molecule has 1 aliphatic heterocycles. The van der Waals surface area contributed by atoms with E-state index in [4.69, 9.17) is 19.2 Å². The van der Waals surface area contributed by atoms with Crippen LogP contribution in [0, 0.1) is 6.92 Å². The fraction of sp³-hybridized carbons (Fsp3) is 0.348. The number of anilines is 1. The largest absolute Gasteiger partial charge is 0.497 e. The second-order valence-electron chi connectivity index (χ2n) is 7.43. The number of nitrogens with one attached hydrogen (secondary N) is 2. The van der Waals surface area contributed by atoms with Gasteiger partial charge in [0.25, 0.3) is 0 Å². The first-order valence-corrected chi connectivity index (χ1v) is 10.5. The van der Waals surface area contributed by atoms with Crippen LogP contribution in [0.4, 0.5) is 5.69 Å². The Kier molecular flexibility index (Phi) is 8.75. The number of benzene rings is 2. The molecule has 176 valence electrons. The lowest BCUT2D eigenvalue weighted by molar-refractivity contribution is 0.297. The first-order valence-electron chi connectivity index (χ1n) is 10.5. The molecule has 9 nitrogen and oxygen atoms in total.